The zero-order valence-corrected chi connectivity index (χ0v) is 14.6. The minimum absolute atomic E-state index is 0.129. The molecule has 0 saturated heterocycles. The number of benzene rings is 2. The highest BCUT2D eigenvalue weighted by atomic mass is 16.5. The number of para-hydroxylation sites is 1. The predicted molar refractivity (Wildman–Crippen MR) is 103 cm³/mol. The summed E-state index contributed by atoms with van der Waals surface area (Å²) in [4.78, 5) is 30.9. The lowest BCUT2D eigenvalue weighted by atomic mass is 10.2. The van der Waals surface area contributed by atoms with Crippen LogP contribution in [0.2, 0.25) is 0 Å². The van der Waals surface area contributed by atoms with E-state index in [1.54, 1.807) is 18.2 Å². The van der Waals surface area contributed by atoms with Gasteiger partial charge < -0.3 is 19.8 Å². The third-order valence-electron chi connectivity index (χ3n) is 4.35. The van der Waals surface area contributed by atoms with Gasteiger partial charge in [-0.3, -0.25) is 4.79 Å². The lowest BCUT2D eigenvalue weighted by Crippen LogP contribution is -2.32. The van der Waals surface area contributed by atoms with Gasteiger partial charge in [-0.1, -0.05) is 17.7 Å². The van der Waals surface area contributed by atoms with Crippen LogP contribution in [0.25, 0.3) is 21.9 Å². The van der Waals surface area contributed by atoms with E-state index in [0.717, 1.165) is 16.5 Å². The van der Waals surface area contributed by atoms with E-state index < -0.39 is 11.2 Å². The average Bonchev–Trinajstić information content (AvgIpc) is 3.01. The number of aryl methyl sites for hydroxylation is 1. The van der Waals surface area contributed by atoms with Crippen LogP contribution < -0.4 is 16.0 Å². The summed E-state index contributed by atoms with van der Waals surface area (Å²) in [6, 6.07) is 10.5. The number of phenolic OH excluding ortho intramolecular Hbond substituents is 1. The molecule has 0 aliphatic rings. The maximum atomic E-state index is 12.7. The molecule has 0 bridgehead atoms. The van der Waals surface area contributed by atoms with Crippen LogP contribution in [0.1, 0.15) is 11.1 Å². The Hall–Kier alpha value is -3.81. The Morgan fingerprint density at radius 1 is 1.15 bits per heavy atom. The number of aromatic hydroxyl groups is 1. The van der Waals surface area contributed by atoms with Gasteiger partial charge in [0.1, 0.15) is 5.52 Å². The molecule has 8 heteroatoms. The van der Waals surface area contributed by atoms with E-state index in [2.05, 4.69) is 15.1 Å². The van der Waals surface area contributed by atoms with Gasteiger partial charge in [0.05, 0.1) is 18.8 Å². The third-order valence-corrected chi connectivity index (χ3v) is 4.35. The molecule has 8 nitrogen and oxygen atoms in total. The maximum Gasteiger partial charge on any atom is 0.350 e. The van der Waals surface area contributed by atoms with E-state index >= 15 is 0 Å². The summed E-state index contributed by atoms with van der Waals surface area (Å²) in [5.41, 5.74) is 1.51. The van der Waals surface area contributed by atoms with E-state index in [1.807, 2.05) is 25.1 Å². The zero-order chi connectivity index (χ0) is 19.1. The Morgan fingerprint density at radius 2 is 1.96 bits per heavy atom. The van der Waals surface area contributed by atoms with E-state index in [-0.39, 0.29) is 17.0 Å². The van der Waals surface area contributed by atoms with Crippen molar-refractivity contribution in [1.29, 1.82) is 0 Å². The number of H-pyrrole nitrogens is 2. The maximum absolute atomic E-state index is 12.7. The summed E-state index contributed by atoms with van der Waals surface area (Å²) in [5, 5.41) is 14.8. The number of ether oxygens (including phenoxy) is 1. The van der Waals surface area contributed by atoms with Crippen LogP contribution in [0.4, 0.5) is 0 Å². The summed E-state index contributed by atoms with van der Waals surface area (Å²) in [7, 11) is 1.43. The highest BCUT2D eigenvalue weighted by Crippen LogP contribution is 2.28. The second-order valence-corrected chi connectivity index (χ2v) is 6.11. The molecule has 0 radical (unpaired) electrons. The highest BCUT2D eigenvalue weighted by molar-refractivity contribution is 6.04. The molecule has 0 fully saturated rings. The molecule has 0 unspecified atom stereocenters. The first-order valence-electron chi connectivity index (χ1n) is 8.17. The van der Waals surface area contributed by atoms with Crippen molar-refractivity contribution in [1.82, 2.24) is 14.6 Å². The number of phenols is 1. The second kappa shape index (κ2) is 6.17. The molecule has 2 aromatic carbocycles. The third kappa shape index (κ3) is 2.67. The van der Waals surface area contributed by atoms with E-state index in [1.165, 1.54) is 13.3 Å². The van der Waals surface area contributed by atoms with E-state index in [9.17, 15) is 14.7 Å². The lowest BCUT2D eigenvalue weighted by molar-refractivity contribution is 0.373. The molecule has 2 aromatic heterocycles. The van der Waals surface area contributed by atoms with Crippen molar-refractivity contribution < 1.29 is 9.84 Å². The number of hydrogen-bond donors (Lipinski definition) is 3. The first-order chi connectivity index (χ1) is 13.0. The van der Waals surface area contributed by atoms with Crippen LogP contribution in [0.15, 0.2) is 51.1 Å². The molecule has 0 aliphatic carbocycles. The summed E-state index contributed by atoms with van der Waals surface area (Å²) < 4.78 is 5.74. The molecule has 0 aliphatic heterocycles. The second-order valence-electron chi connectivity index (χ2n) is 6.11. The Kier molecular flexibility index (Phi) is 3.80. The first-order valence-corrected chi connectivity index (χ1v) is 8.17. The number of rotatable bonds is 3. The van der Waals surface area contributed by atoms with Gasteiger partial charge in [-0.15, -0.1) is 4.68 Å². The zero-order valence-electron chi connectivity index (χ0n) is 14.6. The van der Waals surface area contributed by atoms with Crippen molar-refractivity contribution in [2.24, 2.45) is 5.10 Å². The van der Waals surface area contributed by atoms with Gasteiger partial charge in [-0.25, -0.2) is 4.79 Å². The van der Waals surface area contributed by atoms with E-state index in [4.69, 9.17) is 4.74 Å². The predicted octanol–water partition coefficient (Wildman–Crippen LogP) is 2.08. The number of aromatic amines is 2. The normalized spacial score (nSPS) is 11.6. The Balaban J connectivity index is 1.89. The molecule has 0 spiro atoms. The molecule has 0 amide bonds. The van der Waals surface area contributed by atoms with Crippen molar-refractivity contribution in [2.75, 3.05) is 7.11 Å². The number of aromatic nitrogens is 3. The Morgan fingerprint density at radius 3 is 2.74 bits per heavy atom. The fraction of sp³-hybridized carbons (Fsp3) is 0.105. The quantitative estimate of drug-likeness (QED) is 0.483. The van der Waals surface area contributed by atoms with Gasteiger partial charge in [-0.2, -0.15) is 5.10 Å². The van der Waals surface area contributed by atoms with Gasteiger partial charge >= 0.3 is 11.2 Å². The molecule has 27 heavy (non-hydrogen) atoms. The number of nitrogens with one attached hydrogen (secondary N) is 2. The number of methoxy groups -OCH3 is 1. The van der Waals surface area contributed by atoms with Gasteiger partial charge in [0.25, 0.3) is 0 Å². The van der Waals surface area contributed by atoms with Crippen molar-refractivity contribution in [3.8, 4) is 11.5 Å². The minimum atomic E-state index is -0.673. The summed E-state index contributed by atoms with van der Waals surface area (Å²) >= 11 is 0. The smallest absolute Gasteiger partial charge is 0.350 e. The van der Waals surface area contributed by atoms with Gasteiger partial charge in [-0.05, 0) is 31.2 Å². The Labute approximate surface area is 152 Å². The van der Waals surface area contributed by atoms with Crippen LogP contribution in [0, 0.1) is 6.92 Å². The summed E-state index contributed by atoms with van der Waals surface area (Å²) in [5.74, 6) is 0.136. The first kappa shape index (κ1) is 16.6. The molecule has 0 atom stereocenters. The molecule has 4 rings (SSSR count). The SMILES string of the molecule is COc1cccc(C=Nn2c(=O)[nH]c3c([nH]c4ccc(C)cc43)c2=O)c1O. The van der Waals surface area contributed by atoms with Crippen molar-refractivity contribution in [2.45, 2.75) is 6.92 Å². The van der Waals surface area contributed by atoms with Crippen LogP contribution in [0.3, 0.4) is 0 Å². The standard InChI is InChI=1S/C19H16N4O4/c1-10-6-7-13-12(8-10)15-16(21-13)18(25)23(19(26)22-15)20-9-11-4-3-5-14(27-2)17(11)24/h3-9,21,24H,1-2H3,(H,22,26). The van der Waals surface area contributed by atoms with Crippen LogP contribution in [-0.4, -0.2) is 33.1 Å². The molecule has 136 valence electrons. The summed E-state index contributed by atoms with van der Waals surface area (Å²) in [6.07, 6.45) is 1.23. The topological polar surface area (TPSA) is 112 Å². The number of nitrogens with zero attached hydrogens (tertiary/aromatic N) is 2. The van der Waals surface area contributed by atoms with Crippen molar-refractivity contribution in [3.63, 3.8) is 0 Å². The molecule has 4 aromatic rings. The van der Waals surface area contributed by atoms with Crippen LogP contribution in [-0.2, 0) is 0 Å². The van der Waals surface area contributed by atoms with E-state index in [0.29, 0.717) is 15.8 Å². The van der Waals surface area contributed by atoms with Gasteiger partial charge in [0.2, 0.25) is 0 Å². The number of hydrogen-bond acceptors (Lipinski definition) is 5. The lowest BCUT2D eigenvalue weighted by Gasteiger charge is -2.04. The highest BCUT2D eigenvalue weighted by Gasteiger charge is 2.13. The fourth-order valence-corrected chi connectivity index (χ4v) is 2.99. The minimum Gasteiger partial charge on any atom is -0.504 e. The van der Waals surface area contributed by atoms with Crippen LogP contribution in [0.5, 0.6) is 11.5 Å². The van der Waals surface area contributed by atoms with Crippen LogP contribution >= 0.6 is 0 Å². The van der Waals surface area contributed by atoms with Crippen molar-refractivity contribution in [3.05, 3.63) is 68.4 Å². The largest absolute Gasteiger partial charge is 0.504 e. The van der Waals surface area contributed by atoms with Gasteiger partial charge in [0.15, 0.2) is 11.5 Å². The molecular formula is C19H16N4O4. The molecule has 0 saturated carbocycles. The molecule has 2 heterocycles. The Bertz CT molecular complexity index is 1330. The summed E-state index contributed by atoms with van der Waals surface area (Å²) in [6.45, 7) is 1.93. The van der Waals surface area contributed by atoms with Gasteiger partial charge in [0, 0.05) is 16.5 Å². The molecular weight excluding hydrogens is 348 g/mol. The number of fused-ring (bicyclic) bond motifs is 3. The molecule has 3 N–H and O–H groups in total. The fourth-order valence-electron chi connectivity index (χ4n) is 2.99. The average molecular weight is 364 g/mol. The van der Waals surface area contributed by atoms with Crippen molar-refractivity contribution >= 4 is 28.2 Å². The monoisotopic (exact) mass is 364 g/mol.